The highest BCUT2D eigenvalue weighted by Crippen LogP contribution is 2.32. The van der Waals surface area contributed by atoms with E-state index in [-0.39, 0.29) is 5.97 Å². The lowest BCUT2D eigenvalue weighted by Crippen LogP contribution is -2.09. The van der Waals surface area contributed by atoms with Crippen molar-refractivity contribution < 1.29 is 9.53 Å². The molecule has 0 spiro atoms. The molecule has 1 unspecified atom stereocenters. The molecule has 1 aliphatic rings. The van der Waals surface area contributed by atoms with Crippen LogP contribution in [0.15, 0.2) is 30.2 Å². The summed E-state index contributed by atoms with van der Waals surface area (Å²) in [7, 11) is 0. The Balaban J connectivity index is 2.55. The van der Waals surface area contributed by atoms with E-state index in [1.54, 1.807) is 0 Å². The summed E-state index contributed by atoms with van der Waals surface area (Å²) in [6.07, 6.45) is 11.7. The molecule has 17 heavy (non-hydrogen) atoms. The van der Waals surface area contributed by atoms with Crippen LogP contribution in [-0.2, 0) is 9.53 Å². The maximum atomic E-state index is 10.7. The van der Waals surface area contributed by atoms with Gasteiger partial charge in [0.15, 0.2) is 0 Å². The molecule has 1 atom stereocenters. The van der Waals surface area contributed by atoms with Gasteiger partial charge in [-0.2, -0.15) is 0 Å². The van der Waals surface area contributed by atoms with E-state index in [1.165, 1.54) is 50.9 Å². The van der Waals surface area contributed by atoms with Crippen molar-refractivity contribution in [3.05, 3.63) is 30.2 Å². The smallest absolute Gasteiger partial charge is 0.308 e. The number of carbonyl (C=O) groups excluding carboxylic acids is 1. The van der Waals surface area contributed by atoms with Crippen LogP contribution >= 0.6 is 0 Å². The number of rotatable bonds is 5. The molecule has 0 radical (unpaired) electrons. The van der Waals surface area contributed by atoms with Crippen LogP contribution in [0.1, 0.15) is 51.9 Å². The van der Waals surface area contributed by atoms with E-state index in [0.29, 0.717) is 5.92 Å². The molecule has 0 heterocycles. The highest BCUT2D eigenvalue weighted by Gasteiger charge is 2.17. The third kappa shape index (κ3) is 5.55. The number of unbranched alkanes of at least 4 members (excludes halogenated alkanes) is 1. The predicted octanol–water partition coefficient (Wildman–Crippen LogP) is 4.14. The van der Waals surface area contributed by atoms with Crippen LogP contribution in [0.3, 0.4) is 0 Å². The molecule has 0 aromatic rings. The summed E-state index contributed by atoms with van der Waals surface area (Å²) in [4.78, 5) is 10.7. The summed E-state index contributed by atoms with van der Waals surface area (Å²) in [5.74, 6) is 0.340. The van der Waals surface area contributed by atoms with Crippen LogP contribution in [0.5, 0.6) is 0 Å². The van der Waals surface area contributed by atoms with Gasteiger partial charge in [0, 0.05) is 6.92 Å². The molecule has 0 saturated heterocycles. The average molecular weight is 234 g/mol. The van der Waals surface area contributed by atoms with E-state index in [2.05, 4.69) is 12.3 Å². The lowest BCUT2D eigenvalue weighted by molar-refractivity contribution is -0.135. The van der Waals surface area contributed by atoms with Gasteiger partial charge >= 0.3 is 5.97 Å². The Morgan fingerprint density at radius 1 is 1.59 bits per heavy atom. The van der Waals surface area contributed by atoms with Gasteiger partial charge in [-0.1, -0.05) is 18.2 Å². The Labute approximate surface area is 104 Å². The van der Waals surface area contributed by atoms with Gasteiger partial charge in [-0.25, -0.2) is 0 Å². The second-order valence-electron chi connectivity index (χ2n) is 4.56. The first-order chi connectivity index (χ1) is 8.24. The van der Waals surface area contributed by atoms with E-state index in [9.17, 15) is 4.79 Å². The van der Waals surface area contributed by atoms with Crippen LogP contribution in [0.25, 0.3) is 0 Å². The fraction of sp³-hybridized carbons (Fsp3) is 0.600. The number of ether oxygens (including phenoxy) is 1. The lowest BCUT2D eigenvalue weighted by Gasteiger charge is -2.23. The Kier molecular flexibility index (Phi) is 6.42. The SMILES string of the molecule is C=CCCCC1CCCCC1=C=COC(C)=O. The molecule has 1 saturated carbocycles. The molecule has 2 nitrogen and oxygen atoms in total. The highest BCUT2D eigenvalue weighted by molar-refractivity contribution is 5.66. The zero-order valence-electron chi connectivity index (χ0n) is 10.7. The zero-order chi connectivity index (χ0) is 12.5. The number of hydrogen-bond donors (Lipinski definition) is 0. The first-order valence-electron chi connectivity index (χ1n) is 6.46. The van der Waals surface area contributed by atoms with Gasteiger partial charge in [-0.15, -0.1) is 6.58 Å². The standard InChI is InChI=1S/C15H22O2/c1-3-4-5-8-14-9-6-7-10-15(14)11-12-17-13(2)16/h3,12,14H,1,4-10H2,2H3. The van der Waals surface area contributed by atoms with Gasteiger partial charge < -0.3 is 4.74 Å². The molecular formula is C15H22O2. The monoisotopic (exact) mass is 234 g/mol. The van der Waals surface area contributed by atoms with Crippen molar-refractivity contribution in [1.29, 1.82) is 0 Å². The quantitative estimate of drug-likeness (QED) is 0.235. The summed E-state index contributed by atoms with van der Waals surface area (Å²) in [5, 5.41) is 0. The summed E-state index contributed by atoms with van der Waals surface area (Å²) in [6.45, 7) is 5.15. The zero-order valence-corrected chi connectivity index (χ0v) is 10.7. The first-order valence-corrected chi connectivity index (χ1v) is 6.46. The van der Waals surface area contributed by atoms with Crippen molar-refractivity contribution in [2.24, 2.45) is 5.92 Å². The average Bonchev–Trinajstić information content (AvgIpc) is 2.31. The maximum Gasteiger partial charge on any atom is 0.308 e. The van der Waals surface area contributed by atoms with Gasteiger partial charge in [-0.3, -0.25) is 4.79 Å². The molecule has 0 aromatic heterocycles. The van der Waals surface area contributed by atoms with Gasteiger partial charge in [0.05, 0.1) is 0 Å². The minimum Gasteiger partial charge on any atom is -0.426 e. The van der Waals surface area contributed by atoms with Crippen LogP contribution in [0.2, 0.25) is 0 Å². The molecular weight excluding hydrogens is 212 g/mol. The summed E-state index contributed by atoms with van der Waals surface area (Å²) < 4.78 is 4.81. The second kappa shape index (κ2) is 7.92. The van der Waals surface area contributed by atoms with Crippen molar-refractivity contribution >= 4 is 5.97 Å². The number of allylic oxidation sites excluding steroid dienone is 2. The maximum absolute atomic E-state index is 10.7. The molecule has 1 rings (SSSR count). The third-order valence-corrected chi connectivity index (χ3v) is 3.17. The minimum atomic E-state index is -0.280. The Hall–Kier alpha value is -1.27. The van der Waals surface area contributed by atoms with Crippen LogP contribution in [0, 0.1) is 5.92 Å². The van der Waals surface area contributed by atoms with Gasteiger partial charge in [0.25, 0.3) is 0 Å². The van der Waals surface area contributed by atoms with Gasteiger partial charge in [0.2, 0.25) is 0 Å². The Morgan fingerprint density at radius 3 is 3.12 bits per heavy atom. The molecule has 1 aliphatic carbocycles. The number of esters is 1. The number of carbonyl (C=O) groups is 1. The topological polar surface area (TPSA) is 26.3 Å². The molecule has 2 heteroatoms. The van der Waals surface area contributed by atoms with Crippen molar-refractivity contribution in [2.75, 3.05) is 0 Å². The fourth-order valence-corrected chi connectivity index (χ4v) is 2.29. The molecule has 94 valence electrons. The molecule has 0 N–H and O–H groups in total. The fourth-order valence-electron chi connectivity index (χ4n) is 2.29. The van der Waals surface area contributed by atoms with Crippen LogP contribution in [-0.4, -0.2) is 5.97 Å². The minimum absolute atomic E-state index is 0.280. The van der Waals surface area contributed by atoms with E-state index >= 15 is 0 Å². The summed E-state index contributed by atoms with van der Waals surface area (Å²) >= 11 is 0. The van der Waals surface area contributed by atoms with E-state index in [0.717, 1.165) is 12.8 Å². The van der Waals surface area contributed by atoms with Crippen molar-refractivity contribution in [3.63, 3.8) is 0 Å². The normalized spacial score (nSPS) is 19.4. The Bertz CT molecular complexity index is 322. The highest BCUT2D eigenvalue weighted by atomic mass is 16.5. The second-order valence-corrected chi connectivity index (χ2v) is 4.56. The third-order valence-electron chi connectivity index (χ3n) is 3.17. The first kappa shape index (κ1) is 13.8. The Morgan fingerprint density at radius 2 is 2.41 bits per heavy atom. The molecule has 0 amide bonds. The van der Waals surface area contributed by atoms with Crippen molar-refractivity contribution in [3.8, 4) is 0 Å². The largest absolute Gasteiger partial charge is 0.426 e. The van der Waals surface area contributed by atoms with Crippen molar-refractivity contribution in [1.82, 2.24) is 0 Å². The predicted molar refractivity (Wildman–Crippen MR) is 69.4 cm³/mol. The lowest BCUT2D eigenvalue weighted by atomic mass is 9.82. The van der Waals surface area contributed by atoms with Gasteiger partial charge in [0.1, 0.15) is 6.26 Å². The molecule has 1 fully saturated rings. The van der Waals surface area contributed by atoms with Crippen LogP contribution in [0.4, 0.5) is 0 Å². The van der Waals surface area contributed by atoms with E-state index in [1.807, 2.05) is 6.08 Å². The number of hydrogen-bond acceptors (Lipinski definition) is 2. The molecule has 0 aliphatic heterocycles. The molecule has 0 aromatic carbocycles. The summed E-state index contributed by atoms with van der Waals surface area (Å²) in [6, 6.07) is 0. The summed E-state index contributed by atoms with van der Waals surface area (Å²) in [5.41, 5.74) is 4.47. The molecule has 0 bridgehead atoms. The van der Waals surface area contributed by atoms with E-state index in [4.69, 9.17) is 4.74 Å². The van der Waals surface area contributed by atoms with E-state index < -0.39 is 0 Å². The van der Waals surface area contributed by atoms with Crippen molar-refractivity contribution in [2.45, 2.75) is 51.9 Å². The van der Waals surface area contributed by atoms with Gasteiger partial charge in [-0.05, 0) is 50.0 Å². The van der Waals surface area contributed by atoms with Crippen LogP contribution < -0.4 is 0 Å².